The summed E-state index contributed by atoms with van der Waals surface area (Å²) in [6.45, 7) is 9.40. The summed E-state index contributed by atoms with van der Waals surface area (Å²) < 4.78 is 0. The highest BCUT2D eigenvalue weighted by Crippen LogP contribution is 2.12. The third-order valence-electron chi connectivity index (χ3n) is 2.38. The Bertz CT molecular complexity index is 301. The molecule has 1 heterocycles. The fraction of sp³-hybridized carbons (Fsp3) is 0.667. The number of nitrogens with zero attached hydrogens (tertiary/aromatic N) is 3. The normalized spacial score (nSPS) is 10.2. The van der Waals surface area contributed by atoms with E-state index >= 15 is 0 Å². The highest BCUT2D eigenvalue weighted by Gasteiger charge is 2.05. The van der Waals surface area contributed by atoms with Crippen LogP contribution in [0.5, 0.6) is 0 Å². The Kier molecular flexibility index (Phi) is 5.61. The molecule has 0 radical (unpaired) electrons. The van der Waals surface area contributed by atoms with Crippen molar-refractivity contribution in [3.05, 3.63) is 12.4 Å². The number of aromatic nitrogens is 2. The fourth-order valence-corrected chi connectivity index (χ4v) is 1.55. The number of hydrogen-bond donors (Lipinski definition) is 1. The van der Waals surface area contributed by atoms with E-state index in [1.807, 2.05) is 6.20 Å². The molecule has 1 aromatic heterocycles. The lowest BCUT2D eigenvalue weighted by Crippen LogP contribution is -2.24. The molecule has 1 N–H and O–H groups in total. The third kappa shape index (κ3) is 3.68. The van der Waals surface area contributed by atoms with Crippen molar-refractivity contribution in [2.45, 2.75) is 33.6 Å². The van der Waals surface area contributed by atoms with E-state index < -0.39 is 0 Å². The van der Waals surface area contributed by atoms with Gasteiger partial charge in [-0.15, -0.1) is 0 Å². The Labute approximate surface area is 98.1 Å². The summed E-state index contributed by atoms with van der Waals surface area (Å²) in [4.78, 5) is 11.0. The number of hydrogen-bond acceptors (Lipinski definition) is 4. The van der Waals surface area contributed by atoms with E-state index in [4.69, 9.17) is 0 Å². The minimum absolute atomic E-state index is 0.869. The Morgan fingerprint density at radius 2 is 2.00 bits per heavy atom. The van der Waals surface area contributed by atoms with E-state index in [9.17, 15) is 0 Å². The van der Waals surface area contributed by atoms with Gasteiger partial charge in [0.15, 0.2) is 0 Å². The second-order valence-electron chi connectivity index (χ2n) is 3.77. The zero-order valence-electron chi connectivity index (χ0n) is 10.5. The second-order valence-corrected chi connectivity index (χ2v) is 3.77. The van der Waals surface area contributed by atoms with Crippen LogP contribution in [-0.2, 0) is 0 Å². The van der Waals surface area contributed by atoms with Crippen molar-refractivity contribution in [3.63, 3.8) is 0 Å². The van der Waals surface area contributed by atoms with Crippen molar-refractivity contribution in [2.24, 2.45) is 0 Å². The van der Waals surface area contributed by atoms with Gasteiger partial charge in [-0.1, -0.05) is 13.8 Å². The van der Waals surface area contributed by atoms with Crippen LogP contribution in [0.1, 0.15) is 33.6 Å². The van der Waals surface area contributed by atoms with Crippen molar-refractivity contribution in [1.29, 1.82) is 0 Å². The average Bonchev–Trinajstić information content (AvgIpc) is 2.33. The molecular formula is C12H22N4. The minimum atomic E-state index is 0.869. The molecule has 1 aromatic rings. The number of anilines is 2. The van der Waals surface area contributed by atoms with Crippen LogP contribution in [0.2, 0.25) is 0 Å². The SMILES string of the molecule is CCCNc1cncc(N(CC)CCC)n1. The van der Waals surface area contributed by atoms with Gasteiger partial charge >= 0.3 is 0 Å². The highest BCUT2D eigenvalue weighted by molar-refractivity contribution is 5.43. The number of rotatable bonds is 7. The molecule has 0 fully saturated rings. The van der Waals surface area contributed by atoms with Crippen LogP contribution in [0.15, 0.2) is 12.4 Å². The van der Waals surface area contributed by atoms with Gasteiger partial charge in [0.1, 0.15) is 11.6 Å². The molecule has 0 saturated heterocycles. The lowest BCUT2D eigenvalue weighted by molar-refractivity contribution is 0.775. The van der Waals surface area contributed by atoms with Gasteiger partial charge in [-0.3, -0.25) is 4.98 Å². The second kappa shape index (κ2) is 7.04. The minimum Gasteiger partial charge on any atom is -0.369 e. The van der Waals surface area contributed by atoms with Crippen LogP contribution in [0.3, 0.4) is 0 Å². The van der Waals surface area contributed by atoms with Gasteiger partial charge < -0.3 is 10.2 Å². The Morgan fingerprint density at radius 3 is 2.62 bits per heavy atom. The monoisotopic (exact) mass is 222 g/mol. The molecule has 0 unspecified atom stereocenters. The molecule has 4 heteroatoms. The quantitative estimate of drug-likeness (QED) is 0.769. The van der Waals surface area contributed by atoms with Gasteiger partial charge in [-0.05, 0) is 19.8 Å². The molecule has 0 spiro atoms. The summed E-state index contributed by atoms with van der Waals surface area (Å²) in [6, 6.07) is 0. The van der Waals surface area contributed by atoms with Crippen LogP contribution in [-0.4, -0.2) is 29.6 Å². The topological polar surface area (TPSA) is 41.1 Å². The number of nitrogens with one attached hydrogen (secondary N) is 1. The zero-order chi connectivity index (χ0) is 11.8. The Hall–Kier alpha value is -1.32. The smallest absolute Gasteiger partial charge is 0.149 e. The lowest BCUT2D eigenvalue weighted by atomic mass is 10.4. The first-order valence-electron chi connectivity index (χ1n) is 6.12. The third-order valence-corrected chi connectivity index (χ3v) is 2.38. The molecule has 0 aliphatic rings. The molecule has 4 nitrogen and oxygen atoms in total. The zero-order valence-corrected chi connectivity index (χ0v) is 10.5. The van der Waals surface area contributed by atoms with Crippen LogP contribution in [0.4, 0.5) is 11.6 Å². The van der Waals surface area contributed by atoms with Crippen molar-refractivity contribution >= 4 is 11.6 Å². The fourth-order valence-electron chi connectivity index (χ4n) is 1.55. The predicted molar refractivity (Wildman–Crippen MR) is 69.0 cm³/mol. The molecule has 90 valence electrons. The molecule has 16 heavy (non-hydrogen) atoms. The van der Waals surface area contributed by atoms with Crippen LogP contribution in [0.25, 0.3) is 0 Å². The molecule has 0 aliphatic heterocycles. The first-order valence-corrected chi connectivity index (χ1v) is 6.12. The summed E-state index contributed by atoms with van der Waals surface area (Å²) in [5.74, 6) is 1.83. The van der Waals surface area contributed by atoms with Gasteiger partial charge in [-0.2, -0.15) is 0 Å². The molecule has 1 rings (SSSR count). The van der Waals surface area contributed by atoms with E-state index in [0.717, 1.165) is 44.1 Å². The maximum atomic E-state index is 4.55. The Balaban J connectivity index is 2.71. The van der Waals surface area contributed by atoms with E-state index in [0.29, 0.717) is 0 Å². The summed E-state index contributed by atoms with van der Waals surface area (Å²) in [7, 11) is 0. The standard InChI is InChI=1S/C12H22N4/c1-4-7-14-11-9-13-10-12(15-11)16(6-3)8-5-2/h9-10H,4-8H2,1-3H3,(H,14,15). The summed E-state index contributed by atoms with van der Waals surface area (Å²) >= 11 is 0. The molecule has 0 saturated carbocycles. The maximum absolute atomic E-state index is 4.55. The van der Waals surface area contributed by atoms with Crippen molar-refractivity contribution in [2.75, 3.05) is 29.9 Å². The van der Waals surface area contributed by atoms with Crippen LogP contribution < -0.4 is 10.2 Å². The first kappa shape index (κ1) is 12.7. The average molecular weight is 222 g/mol. The molecule has 0 amide bonds. The van der Waals surface area contributed by atoms with Gasteiger partial charge in [-0.25, -0.2) is 4.98 Å². The molecular weight excluding hydrogens is 200 g/mol. The molecule has 0 bridgehead atoms. The van der Waals surface area contributed by atoms with Crippen molar-refractivity contribution in [1.82, 2.24) is 9.97 Å². The van der Waals surface area contributed by atoms with Gasteiger partial charge in [0, 0.05) is 19.6 Å². The summed E-state index contributed by atoms with van der Waals surface area (Å²) in [5, 5.41) is 3.26. The highest BCUT2D eigenvalue weighted by atomic mass is 15.2. The summed E-state index contributed by atoms with van der Waals surface area (Å²) in [6.07, 6.45) is 5.83. The predicted octanol–water partition coefficient (Wildman–Crippen LogP) is 2.53. The Morgan fingerprint density at radius 1 is 1.19 bits per heavy atom. The first-order chi connectivity index (χ1) is 7.81. The van der Waals surface area contributed by atoms with Crippen LogP contribution >= 0.6 is 0 Å². The van der Waals surface area contributed by atoms with E-state index in [1.54, 1.807) is 6.20 Å². The van der Waals surface area contributed by atoms with Gasteiger partial charge in [0.2, 0.25) is 0 Å². The van der Waals surface area contributed by atoms with Crippen molar-refractivity contribution in [3.8, 4) is 0 Å². The summed E-state index contributed by atoms with van der Waals surface area (Å²) in [5.41, 5.74) is 0. The molecule has 0 aliphatic carbocycles. The van der Waals surface area contributed by atoms with Gasteiger partial charge in [0.25, 0.3) is 0 Å². The van der Waals surface area contributed by atoms with E-state index in [2.05, 4.69) is 41.0 Å². The molecule has 0 atom stereocenters. The molecule has 0 aromatic carbocycles. The van der Waals surface area contributed by atoms with E-state index in [1.165, 1.54) is 0 Å². The maximum Gasteiger partial charge on any atom is 0.149 e. The lowest BCUT2D eigenvalue weighted by Gasteiger charge is -2.21. The largest absolute Gasteiger partial charge is 0.369 e. The van der Waals surface area contributed by atoms with Gasteiger partial charge in [0.05, 0.1) is 12.4 Å². The van der Waals surface area contributed by atoms with E-state index in [-0.39, 0.29) is 0 Å². The van der Waals surface area contributed by atoms with Crippen LogP contribution in [0, 0.1) is 0 Å². The van der Waals surface area contributed by atoms with Crippen molar-refractivity contribution < 1.29 is 0 Å².